The second kappa shape index (κ2) is 5.25. The number of anilines is 2. The van der Waals surface area contributed by atoms with Crippen LogP contribution in [0.1, 0.15) is 36.3 Å². The summed E-state index contributed by atoms with van der Waals surface area (Å²) in [5, 5.41) is 9.54. The van der Waals surface area contributed by atoms with Crippen molar-refractivity contribution in [1.82, 2.24) is 4.98 Å². The Hall–Kier alpha value is -1.87. The summed E-state index contributed by atoms with van der Waals surface area (Å²) in [6, 6.07) is 10.6. The van der Waals surface area contributed by atoms with Crippen molar-refractivity contribution in [2.45, 2.75) is 32.8 Å². The van der Waals surface area contributed by atoms with Crippen LogP contribution in [-0.2, 0) is 6.42 Å². The fourth-order valence-electron chi connectivity index (χ4n) is 2.80. The van der Waals surface area contributed by atoms with E-state index in [4.69, 9.17) is 0 Å². The quantitative estimate of drug-likeness (QED) is 0.905. The maximum absolute atomic E-state index is 9.54. The molecule has 1 atom stereocenters. The minimum atomic E-state index is -0.514. The lowest BCUT2D eigenvalue weighted by molar-refractivity contribution is 0.194. The van der Waals surface area contributed by atoms with Gasteiger partial charge < -0.3 is 10.0 Å². The van der Waals surface area contributed by atoms with Crippen LogP contribution in [0.25, 0.3) is 0 Å². The summed E-state index contributed by atoms with van der Waals surface area (Å²) in [5.74, 6) is 0. The zero-order valence-corrected chi connectivity index (χ0v) is 12.0. The topological polar surface area (TPSA) is 36.4 Å². The van der Waals surface area contributed by atoms with Crippen molar-refractivity contribution < 1.29 is 5.11 Å². The highest BCUT2D eigenvalue weighted by Gasteiger charge is 2.18. The van der Waals surface area contributed by atoms with Crippen molar-refractivity contribution in [3.05, 3.63) is 53.3 Å². The molecule has 1 aromatic carbocycles. The lowest BCUT2D eigenvalue weighted by atomic mass is 9.99. The zero-order valence-electron chi connectivity index (χ0n) is 12.0. The van der Waals surface area contributed by atoms with Gasteiger partial charge in [-0.15, -0.1) is 0 Å². The Morgan fingerprint density at radius 2 is 2.10 bits per heavy atom. The molecule has 1 aromatic heterocycles. The molecule has 3 rings (SSSR count). The van der Waals surface area contributed by atoms with Crippen LogP contribution >= 0.6 is 0 Å². The second-order valence-corrected chi connectivity index (χ2v) is 5.50. The molecule has 0 saturated heterocycles. The molecule has 104 valence electrons. The number of pyridine rings is 1. The maximum atomic E-state index is 9.54. The number of benzene rings is 1. The number of aromatic nitrogens is 1. The van der Waals surface area contributed by atoms with E-state index in [1.165, 1.54) is 16.8 Å². The number of aliphatic hydroxyl groups excluding tert-OH is 1. The van der Waals surface area contributed by atoms with E-state index in [-0.39, 0.29) is 0 Å². The van der Waals surface area contributed by atoms with Crippen molar-refractivity contribution in [2.75, 3.05) is 11.4 Å². The molecule has 1 aliphatic heterocycles. The molecular weight excluding hydrogens is 248 g/mol. The molecule has 0 fully saturated rings. The van der Waals surface area contributed by atoms with E-state index < -0.39 is 6.10 Å². The van der Waals surface area contributed by atoms with Gasteiger partial charge in [0.1, 0.15) is 0 Å². The lowest BCUT2D eigenvalue weighted by Crippen LogP contribution is -2.24. The summed E-state index contributed by atoms with van der Waals surface area (Å²) in [6.07, 6.45) is 3.65. The van der Waals surface area contributed by atoms with Crippen LogP contribution in [0.3, 0.4) is 0 Å². The molecule has 0 amide bonds. The molecular formula is C17H20N2O. The van der Waals surface area contributed by atoms with Crippen molar-refractivity contribution in [3.8, 4) is 0 Å². The Bertz CT molecular complexity index is 605. The molecule has 20 heavy (non-hydrogen) atoms. The van der Waals surface area contributed by atoms with E-state index in [0.29, 0.717) is 0 Å². The van der Waals surface area contributed by atoms with Gasteiger partial charge in [-0.25, -0.2) is 0 Å². The zero-order chi connectivity index (χ0) is 14.1. The lowest BCUT2D eigenvalue weighted by Gasteiger charge is -2.31. The highest BCUT2D eigenvalue weighted by molar-refractivity contribution is 5.67. The van der Waals surface area contributed by atoms with E-state index in [1.807, 2.05) is 18.3 Å². The standard InChI is InChI=1S/C17H20N2O/c1-12-5-8-17-14(10-12)4-3-9-19(17)15-6-7-16(13(2)20)18-11-15/h5-8,10-11,13,20H,3-4,9H2,1-2H3/t13-/m1/s1. The summed E-state index contributed by atoms with van der Waals surface area (Å²) < 4.78 is 0. The van der Waals surface area contributed by atoms with Crippen molar-refractivity contribution >= 4 is 11.4 Å². The molecule has 2 heterocycles. The third-order valence-electron chi connectivity index (χ3n) is 3.86. The third kappa shape index (κ3) is 2.41. The molecule has 0 aliphatic carbocycles. The van der Waals surface area contributed by atoms with Gasteiger partial charge in [0.15, 0.2) is 0 Å². The van der Waals surface area contributed by atoms with Crippen LogP contribution in [0.4, 0.5) is 11.4 Å². The van der Waals surface area contributed by atoms with Gasteiger partial charge in [-0.05, 0) is 50.5 Å². The predicted molar refractivity (Wildman–Crippen MR) is 81.4 cm³/mol. The first kappa shape index (κ1) is 13.1. The van der Waals surface area contributed by atoms with Crippen LogP contribution in [0.15, 0.2) is 36.5 Å². The largest absolute Gasteiger partial charge is 0.387 e. The maximum Gasteiger partial charge on any atom is 0.0931 e. The minimum Gasteiger partial charge on any atom is -0.387 e. The Morgan fingerprint density at radius 1 is 1.25 bits per heavy atom. The normalized spacial score (nSPS) is 15.8. The van der Waals surface area contributed by atoms with Gasteiger partial charge in [-0.3, -0.25) is 4.98 Å². The van der Waals surface area contributed by atoms with Gasteiger partial charge in [-0.2, -0.15) is 0 Å². The monoisotopic (exact) mass is 268 g/mol. The molecule has 1 aliphatic rings. The third-order valence-corrected chi connectivity index (χ3v) is 3.86. The average molecular weight is 268 g/mol. The van der Waals surface area contributed by atoms with Crippen molar-refractivity contribution in [1.29, 1.82) is 0 Å². The number of rotatable bonds is 2. The predicted octanol–water partition coefficient (Wildman–Crippen LogP) is 3.53. The van der Waals surface area contributed by atoms with Gasteiger partial charge >= 0.3 is 0 Å². The minimum absolute atomic E-state index is 0.514. The van der Waals surface area contributed by atoms with E-state index in [9.17, 15) is 5.11 Å². The number of fused-ring (bicyclic) bond motifs is 1. The van der Waals surface area contributed by atoms with Gasteiger partial charge in [0.2, 0.25) is 0 Å². The van der Waals surface area contributed by atoms with Crippen molar-refractivity contribution in [3.63, 3.8) is 0 Å². The van der Waals surface area contributed by atoms with E-state index in [2.05, 4.69) is 35.0 Å². The van der Waals surface area contributed by atoms with Gasteiger partial charge in [0.05, 0.1) is 23.7 Å². The molecule has 0 unspecified atom stereocenters. The van der Waals surface area contributed by atoms with E-state index in [0.717, 1.165) is 30.8 Å². The van der Waals surface area contributed by atoms with Crippen LogP contribution in [0.2, 0.25) is 0 Å². The SMILES string of the molecule is Cc1ccc2c(c1)CCCN2c1ccc([C@@H](C)O)nc1. The van der Waals surface area contributed by atoms with Crippen LogP contribution in [0.5, 0.6) is 0 Å². The van der Waals surface area contributed by atoms with Crippen LogP contribution < -0.4 is 4.90 Å². The summed E-state index contributed by atoms with van der Waals surface area (Å²) in [5.41, 5.74) is 5.83. The molecule has 3 nitrogen and oxygen atoms in total. The Balaban J connectivity index is 1.96. The number of nitrogens with zero attached hydrogens (tertiary/aromatic N) is 2. The van der Waals surface area contributed by atoms with Gasteiger partial charge in [-0.1, -0.05) is 17.7 Å². The second-order valence-electron chi connectivity index (χ2n) is 5.50. The van der Waals surface area contributed by atoms with Crippen LogP contribution in [0, 0.1) is 6.92 Å². The summed E-state index contributed by atoms with van der Waals surface area (Å²) >= 11 is 0. The first-order chi connectivity index (χ1) is 9.65. The number of hydrogen-bond donors (Lipinski definition) is 1. The molecule has 0 bridgehead atoms. The van der Waals surface area contributed by atoms with E-state index in [1.54, 1.807) is 6.92 Å². The van der Waals surface area contributed by atoms with E-state index >= 15 is 0 Å². The highest BCUT2D eigenvalue weighted by Crippen LogP contribution is 2.33. The summed E-state index contributed by atoms with van der Waals surface area (Å²) in [7, 11) is 0. The van der Waals surface area contributed by atoms with Crippen molar-refractivity contribution in [2.24, 2.45) is 0 Å². The first-order valence-electron chi connectivity index (χ1n) is 7.16. The Kier molecular flexibility index (Phi) is 3.45. The highest BCUT2D eigenvalue weighted by atomic mass is 16.3. The molecule has 1 N–H and O–H groups in total. The smallest absolute Gasteiger partial charge is 0.0931 e. The Labute approximate surface area is 119 Å². The summed E-state index contributed by atoms with van der Waals surface area (Å²) in [6.45, 7) is 4.89. The average Bonchev–Trinajstić information content (AvgIpc) is 2.46. The number of aryl methyl sites for hydroxylation is 2. The fraction of sp³-hybridized carbons (Fsp3) is 0.353. The summed E-state index contributed by atoms with van der Waals surface area (Å²) in [4.78, 5) is 6.67. The molecule has 0 radical (unpaired) electrons. The molecule has 0 saturated carbocycles. The number of hydrogen-bond acceptors (Lipinski definition) is 3. The molecule has 2 aromatic rings. The Morgan fingerprint density at radius 3 is 2.80 bits per heavy atom. The van der Waals surface area contributed by atoms with Crippen LogP contribution in [-0.4, -0.2) is 16.6 Å². The first-order valence-corrected chi connectivity index (χ1v) is 7.16. The number of aliphatic hydroxyl groups is 1. The fourth-order valence-corrected chi connectivity index (χ4v) is 2.80. The molecule has 0 spiro atoms. The molecule has 3 heteroatoms. The van der Waals surface area contributed by atoms with Gasteiger partial charge in [0.25, 0.3) is 0 Å². The van der Waals surface area contributed by atoms with Gasteiger partial charge in [0, 0.05) is 12.2 Å².